The summed E-state index contributed by atoms with van der Waals surface area (Å²) in [6.45, 7) is 2.96. The van der Waals surface area contributed by atoms with Crippen LogP contribution in [0.4, 0.5) is 0 Å². The number of hydrogen-bond donors (Lipinski definition) is 2. The molecule has 1 fully saturated rings. The molecule has 1 aliphatic rings. The molecule has 1 aromatic rings. The van der Waals surface area contributed by atoms with Crippen LogP contribution in [0.25, 0.3) is 0 Å². The number of aromatic nitrogens is 1. The summed E-state index contributed by atoms with van der Waals surface area (Å²) in [6.07, 6.45) is 3.45. The molecule has 7 heteroatoms. The minimum atomic E-state index is -3.64. The van der Waals surface area contributed by atoms with E-state index < -0.39 is 15.6 Å². The first-order valence-corrected chi connectivity index (χ1v) is 7.69. The van der Waals surface area contributed by atoms with E-state index in [1.54, 1.807) is 0 Å². The standard InChI is InChI=1S/C13H17N3O3S/c1-13(4-6-19-10-13)16-20(17,18)12-7-11(3-2-5-14)8-15-9-12/h7-9,16H,4-6,10,14H2,1H3. The highest BCUT2D eigenvalue weighted by Gasteiger charge is 2.34. The fourth-order valence-electron chi connectivity index (χ4n) is 1.92. The summed E-state index contributed by atoms with van der Waals surface area (Å²) in [7, 11) is -3.64. The molecule has 1 aliphatic heterocycles. The van der Waals surface area contributed by atoms with Crippen molar-refractivity contribution < 1.29 is 13.2 Å². The van der Waals surface area contributed by atoms with E-state index in [0.717, 1.165) is 0 Å². The van der Waals surface area contributed by atoms with Crippen LogP contribution in [0, 0.1) is 11.8 Å². The lowest BCUT2D eigenvalue weighted by Crippen LogP contribution is -2.46. The van der Waals surface area contributed by atoms with Gasteiger partial charge in [0.2, 0.25) is 10.0 Å². The van der Waals surface area contributed by atoms with Crippen LogP contribution < -0.4 is 10.5 Å². The Hall–Kier alpha value is -1.46. The van der Waals surface area contributed by atoms with Gasteiger partial charge in [0.1, 0.15) is 4.90 Å². The summed E-state index contributed by atoms with van der Waals surface area (Å²) in [5.41, 5.74) is 5.24. The van der Waals surface area contributed by atoms with E-state index >= 15 is 0 Å². The van der Waals surface area contributed by atoms with Crippen LogP contribution in [0.2, 0.25) is 0 Å². The van der Waals surface area contributed by atoms with Gasteiger partial charge in [-0.3, -0.25) is 4.98 Å². The highest BCUT2D eigenvalue weighted by atomic mass is 32.2. The minimum absolute atomic E-state index is 0.0921. The van der Waals surface area contributed by atoms with Crippen LogP contribution in [0.5, 0.6) is 0 Å². The molecular weight excluding hydrogens is 278 g/mol. The molecule has 2 heterocycles. The molecule has 1 saturated heterocycles. The van der Waals surface area contributed by atoms with Crippen molar-refractivity contribution in [3.63, 3.8) is 0 Å². The highest BCUT2D eigenvalue weighted by molar-refractivity contribution is 7.89. The predicted molar refractivity (Wildman–Crippen MR) is 74.3 cm³/mol. The number of rotatable bonds is 3. The number of nitrogens with one attached hydrogen (secondary N) is 1. The molecule has 3 N–H and O–H groups in total. The molecule has 0 radical (unpaired) electrons. The van der Waals surface area contributed by atoms with Crippen molar-refractivity contribution in [1.82, 2.24) is 9.71 Å². The molecule has 0 bridgehead atoms. The maximum absolute atomic E-state index is 12.3. The highest BCUT2D eigenvalue weighted by Crippen LogP contribution is 2.21. The molecule has 0 spiro atoms. The van der Waals surface area contributed by atoms with Gasteiger partial charge in [0.15, 0.2) is 0 Å². The van der Waals surface area contributed by atoms with Gasteiger partial charge < -0.3 is 10.5 Å². The molecule has 20 heavy (non-hydrogen) atoms. The van der Waals surface area contributed by atoms with Gasteiger partial charge in [-0.05, 0) is 19.4 Å². The second-order valence-corrected chi connectivity index (χ2v) is 6.57. The number of hydrogen-bond acceptors (Lipinski definition) is 5. The molecule has 2 rings (SSSR count). The third-order valence-electron chi connectivity index (χ3n) is 2.96. The molecule has 0 saturated carbocycles. The number of nitrogens with two attached hydrogens (primary N) is 1. The Kier molecular flexibility index (Phi) is 4.40. The van der Waals surface area contributed by atoms with Gasteiger partial charge in [-0.2, -0.15) is 0 Å². The second kappa shape index (κ2) is 5.89. The Bertz CT molecular complexity index is 640. The number of ether oxygens (including phenoxy) is 1. The van der Waals surface area contributed by atoms with E-state index in [-0.39, 0.29) is 11.4 Å². The summed E-state index contributed by atoms with van der Waals surface area (Å²) in [5.74, 6) is 5.43. The monoisotopic (exact) mass is 295 g/mol. The van der Waals surface area contributed by atoms with Crippen molar-refractivity contribution in [3.05, 3.63) is 24.0 Å². The first kappa shape index (κ1) is 14.9. The van der Waals surface area contributed by atoms with Crippen LogP contribution in [0.1, 0.15) is 18.9 Å². The number of nitrogens with zero attached hydrogens (tertiary/aromatic N) is 1. The third kappa shape index (κ3) is 3.55. The first-order chi connectivity index (χ1) is 9.45. The third-order valence-corrected chi connectivity index (χ3v) is 4.56. The van der Waals surface area contributed by atoms with E-state index in [0.29, 0.717) is 25.2 Å². The molecule has 108 valence electrons. The Labute approximate surface area is 118 Å². The van der Waals surface area contributed by atoms with E-state index in [9.17, 15) is 8.42 Å². The SMILES string of the molecule is CC1(NS(=O)(=O)c2cncc(C#CCN)c2)CCOC1. The Morgan fingerprint density at radius 1 is 1.55 bits per heavy atom. The normalized spacial score (nSPS) is 22.3. The Morgan fingerprint density at radius 3 is 3.00 bits per heavy atom. The topological polar surface area (TPSA) is 94.3 Å². The Morgan fingerprint density at radius 2 is 2.35 bits per heavy atom. The van der Waals surface area contributed by atoms with Crippen molar-refractivity contribution in [1.29, 1.82) is 0 Å². The summed E-state index contributed by atoms with van der Waals surface area (Å²) in [6, 6.07) is 1.48. The lowest BCUT2D eigenvalue weighted by atomic mass is 10.0. The lowest BCUT2D eigenvalue weighted by Gasteiger charge is -2.23. The van der Waals surface area contributed by atoms with Gasteiger partial charge in [-0.15, -0.1) is 0 Å². The van der Waals surface area contributed by atoms with Crippen molar-refractivity contribution in [2.75, 3.05) is 19.8 Å². The van der Waals surface area contributed by atoms with Crippen LogP contribution in [0.3, 0.4) is 0 Å². The van der Waals surface area contributed by atoms with E-state index in [4.69, 9.17) is 10.5 Å². The van der Waals surface area contributed by atoms with Gasteiger partial charge in [0, 0.05) is 24.6 Å². The Balaban J connectivity index is 2.25. The molecule has 1 unspecified atom stereocenters. The van der Waals surface area contributed by atoms with Crippen LogP contribution in [-0.4, -0.2) is 38.7 Å². The quantitative estimate of drug-likeness (QED) is 0.756. The fourth-order valence-corrected chi connectivity index (χ4v) is 3.33. The zero-order chi connectivity index (χ0) is 14.6. The van der Waals surface area contributed by atoms with Crippen molar-refractivity contribution in [3.8, 4) is 11.8 Å². The molecular formula is C13H17N3O3S. The van der Waals surface area contributed by atoms with Crippen LogP contribution >= 0.6 is 0 Å². The van der Waals surface area contributed by atoms with E-state index in [1.807, 2.05) is 6.92 Å². The van der Waals surface area contributed by atoms with Gasteiger partial charge in [0.25, 0.3) is 0 Å². The average molecular weight is 295 g/mol. The maximum Gasteiger partial charge on any atom is 0.242 e. The molecule has 0 aliphatic carbocycles. The van der Waals surface area contributed by atoms with Gasteiger partial charge in [-0.1, -0.05) is 11.8 Å². The smallest absolute Gasteiger partial charge is 0.242 e. The van der Waals surface area contributed by atoms with Gasteiger partial charge in [0.05, 0.1) is 18.7 Å². The lowest BCUT2D eigenvalue weighted by molar-refractivity contribution is 0.178. The van der Waals surface area contributed by atoms with E-state index in [2.05, 4.69) is 21.5 Å². The second-order valence-electron chi connectivity index (χ2n) is 4.88. The van der Waals surface area contributed by atoms with Crippen LogP contribution in [0.15, 0.2) is 23.4 Å². The molecule has 1 aromatic heterocycles. The summed E-state index contributed by atoms with van der Waals surface area (Å²) in [4.78, 5) is 4.00. The summed E-state index contributed by atoms with van der Waals surface area (Å²) < 4.78 is 32.6. The first-order valence-electron chi connectivity index (χ1n) is 6.21. The molecule has 0 amide bonds. The van der Waals surface area contributed by atoms with Crippen molar-refractivity contribution in [2.45, 2.75) is 23.8 Å². The van der Waals surface area contributed by atoms with Gasteiger partial charge in [-0.25, -0.2) is 13.1 Å². The zero-order valence-electron chi connectivity index (χ0n) is 11.2. The average Bonchev–Trinajstić information content (AvgIpc) is 2.82. The zero-order valence-corrected chi connectivity index (χ0v) is 12.0. The maximum atomic E-state index is 12.3. The summed E-state index contributed by atoms with van der Waals surface area (Å²) >= 11 is 0. The minimum Gasteiger partial charge on any atom is -0.379 e. The number of pyridine rings is 1. The number of sulfonamides is 1. The fraction of sp³-hybridized carbons (Fsp3) is 0.462. The van der Waals surface area contributed by atoms with Gasteiger partial charge >= 0.3 is 0 Å². The summed E-state index contributed by atoms with van der Waals surface area (Å²) in [5, 5.41) is 0. The largest absolute Gasteiger partial charge is 0.379 e. The van der Waals surface area contributed by atoms with Crippen molar-refractivity contribution >= 4 is 10.0 Å². The van der Waals surface area contributed by atoms with Crippen molar-refractivity contribution in [2.24, 2.45) is 5.73 Å². The predicted octanol–water partition coefficient (Wildman–Crippen LogP) is -0.151. The van der Waals surface area contributed by atoms with Crippen LogP contribution in [-0.2, 0) is 14.8 Å². The molecule has 6 nitrogen and oxygen atoms in total. The molecule has 1 atom stereocenters. The van der Waals surface area contributed by atoms with E-state index in [1.165, 1.54) is 18.5 Å². The molecule has 0 aromatic carbocycles.